The van der Waals surface area contributed by atoms with Crippen molar-refractivity contribution >= 4 is 34.8 Å². The predicted molar refractivity (Wildman–Crippen MR) is 89.1 cm³/mol. The van der Waals surface area contributed by atoms with E-state index in [2.05, 4.69) is 10.6 Å². The van der Waals surface area contributed by atoms with Gasteiger partial charge in [-0.2, -0.15) is 0 Å². The van der Waals surface area contributed by atoms with Crippen molar-refractivity contribution in [2.45, 2.75) is 13.3 Å². The zero-order valence-corrected chi connectivity index (χ0v) is 13.2. The Bertz CT molecular complexity index is 789. The monoisotopic (exact) mass is 330 g/mol. The van der Waals surface area contributed by atoms with Gasteiger partial charge >= 0.3 is 0 Å². The van der Waals surface area contributed by atoms with E-state index < -0.39 is 0 Å². The Morgan fingerprint density at radius 3 is 2.96 bits per heavy atom. The smallest absolute Gasteiger partial charge is 0.262 e. The number of aryl methyl sites for hydroxylation is 1. The molecule has 118 valence electrons. The molecule has 2 N–H and O–H groups in total. The molecule has 6 heteroatoms. The summed E-state index contributed by atoms with van der Waals surface area (Å²) >= 11 is 5.95. The molecule has 0 aliphatic carbocycles. The lowest BCUT2D eigenvalue weighted by Gasteiger charge is -2.18. The third-order valence-corrected chi connectivity index (χ3v) is 3.75. The maximum atomic E-state index is 12.2. The summed E-state index contributed by atoms with van der Waals surface area (Å²) in [7, 11) is 0. The second-order valence-electron chi connectivity index (χ2n) is 5.35. The van der Waals surface area contributed by atoms with Crippen LogP contribution in [0.15, 0.2) is 36.4 Å². The molecule has 1 aliphatic heterocycles. The number of halogens is 1. The molecule has 1 heterocycles. The maximum absolute atomic E-state index is 12.2. The second kappa shape index (κ2) is 6.30. The van der Waals surface area contributed by atoms with Crippen molar-refractivity contribution < 1.29 is 14.3 Å². The van der Waals surface area contributed by atoms with Crippen LogP contribution < -0.4 is 15.4 Å². The number of amides is 2. The van der Waals surface area contributed by atoms with Crippen molar-refractivity contribution in [3.8, 4) is 5.75 Å². The Morgan fingerprint density at radius 1 is 1.30 bits per heavy atom. The highest BCUT2D eigenvalue weighted by Crippen LogP contribution is 2.28. The molecule has 0 radical (unpaired) electrons. The fourth-order valence-corrected chi connectivity index (χ4v) is 2.52. The number of carbonyl (C=O) groups excluding carboxylic acids is 2. The molecule has 0 saturated heterocycles. The van der Waals surface area contributed by atoms with Crippen LogP contribution in [-0.2, 0) is 16.0 Å². The summed E-state index contributed by atoms with van der Waals surface area (Å²) in [5.41, 5.74) is 3.00. The van der Waals surface area contributed by atoms with Gasteiger partial charge in [0.25, 0.3) is 5.91 Å². The largest absolute Gasteiger partial charge is 0.482 e. The molecule has 0 spiro atoms. The van der Waals surface area contributed by atoms with Crippen molar-refractivity contribution in [3.63, 3.8) is 0 Å². The molecule has 1 aliphatic rings. The van der Waals surface area contributed by atoms with Crippen LogP contribution in [0.2, 0.25) is 5.02 Å². The van der Waals surface area contributed by atoms with Crippen molar-refractivity contribution in [3.05, 3.63) is 52.5 Å². The van der Waals surface area contributed by atoms with Crippen LogP contribution in [0.5, 0.6) is 5.75 Å². The van der Waals surface area contributed by atoms with Gasteiger partial charge < -0.3 is 15.4 Å². The number of rotatable bonds is 3. The number of carbonyl (C=O) groups is 2. The third-order valence-electron chi connectivity index (χ3n) is 3.52. The molecule has 2 aromatic carbocycles. The molecular weight excluding hydrogens is 316 g/mol. The highest BCUT2D eigenvalue weighted by molar-refractivity contribution is 6.31. The minimum Gasteiger partial charge on any atom is -0.482 e. The van der Waals surface area contributed by atoms with Gasteiger partial charge in [0.05, 0.1) is 12.1 Å². The summed E-state index contributed by atoms with van der Waals surface area (Å²) in [4.78, 5) is 23.5. The second-order valence-corrected chi connectivity index (χ2v) is 5.79. The van der Waals surface area contributed by atoms with Crippen LogP contribution in [0.4, 0.5) is 11.4 Å². The number of hydrogen-bond donors (Lipinski definition) is 2. The zero-order valence-electron chi connectivity index (χ0n) is 12.5. The first kappa shape index (κ1) is 15.4. The van der Waals surface area contributed by atoms with Gasteiger partial charge in [0, 0.05) is 10.7 Å². The lowest BCUT2D eigenvalue weighted by Crippen LogP contribution is -2.25. The quantitative estimate of drug-likeness (QED) is 0.908. The Morgan fingerprint density at radius 2 is 2.13 bits per heavy atom. The molecule has 3 rings (SSSR count). The molecule has 0 unspecified atom stereocenters. The lowest BCUT2D eigenvalue weighted by atomic mass is 10.1. The van der Waals surface area contributed by atoms with E-state index in [9.17, 15) is 9.59 Å². The molecule has 23 heavy (non-hydrogen) atoms. The molecule has 0 atom stereocenters. The van der Waals surface area contributed by atoms with E-state index in [1.54, 1.807) is 30.3 Å². The number of nitrogens with one attached hydrogen (secondary N) is 2. The van der Waals surface area contributed by atoms with E-state index in [4.69, 9.17) is 16.3 Å². The van der Waals surface area contributed by atoms with Gasteiger partial charge in [-0.3, -0.25) is 9.59 Å². The van der Waals surface area contributed by atoms with Gasteiger partial charge in [-0.25, -0.2) is 0 Å². The maximum Gasteiger partial charge on any atom is 0.262 e. The van der Waals surface area contributed by atoms with Gasteiger partial charge in [0.2, 0.25) is 5.91 Å². The third kappa shape index (κ3) is 3.63. The molecule has 0 saturated carbocycles. The van der Waals surface area contributed by atoms with Crippen molar-refractivity contribution in [2.24, 2.45) is 0 Å². The minimum absolute atomic E-state index is 0.0148. The highest BCUT2D eigenvalue weighted by Gasteiger charge is 2.16. The van der Waals surface area contributed by atoms with Crippen LogP contribution >= 0.6 is 11.6 Å². The van der Waals surface area contributed by atoms with E-state index in [1.807, 2.05) is 13.0 Å². The lowest BCUT2D eigenvalue weighted by molar-refractivity contribution is -0.118. The van der Waals surface area contributed by atoms with Gasteiger partial charge in [-0.1, -0.05) is 23.7 Å². The fourth-order valence-electron chi connectivity index (χ4n) is 2.35. The summed E-state index contributed by atoms with van der Waals surface area (Å²) in [6.45, 7) is 1.92. The number of anilines is 2. The van der Waals surface area contributed by atoms with Crippen molar-refractivity contribution in [1.29, 1.82) is 0 Å². The minimum atomic E-state index is -0.200. The van der Waals surface area contributed by atoms with Gasteiger partial charge in [-0.05, 0) is 42.3 Å². The first-order chi connectivity index (χ1) is 11.0. The standard InChI is InChI=1S/C17H15ClN2O3/c1-10-2-4-12(18)8-13(10)19-16(21)7-11-3-5-15-14(6-11)20-17(22)9-23-15/h2-6,8H,7,9H2,1H3,(H,19,21)(H,20,22). The summed E-state index contributed by atoms with van der Waals surface area (Å²) in [5, 5.41) is 6.14. The summed E-state index contributed by atoms with van der Waals surface area (Å²) in [6, 6.07) is 10.7. The first-order valence-electron chi connectivity index (χ1n) is 7.13. The molecule has 2 aromatic rings. The average Bonchev–Trinajstić information content (AvgIpc) is 2.50. The summed E-state index contributed by atoms with van der Waals surface area (Å²) < 4.78 is 5.29. The molecule has 5 nitrogen and oxygen atoms in total. The summed E-state index contributed by atoms with van der Waals surface area (Å²) in [6.07, 6.45) is 0.190. The van der Waals surface area contributed by atoms with Crippen LogP contribution in [0.1, 0.15) is 11.1 Å². The fraction of sp³-hybridized carbons (Fsp3) is 0.176. The Labute approximate surface area is 138 Å². The number of benzene rings is 2. The normalized spacial score (nSPS) is 12.9. The predicted octanol–water partition coefficient (Wildman–Crippen LogP) is 3.16. The number of hydrogen-bond acceptors (Lipinski definition) is 3. The summed E-state index contributed by atoms with van der Waals surface area (Å²) in [5.74, 6) is 0.256. The molecule has 0 aromatic heterocycles. The van der Waals surface area contributed by atoms with Crippen molar-refractivity contribution in [2.75, 3.05) is 17.2 Å². The highest BCUT2D eigenvalue weighted by atomic mass is 35.5. The molecule has 0 bridgehead atoms. The molecule has 0 fully saturated rings. The Kier molecular flexibility index (Phi) is 4.21. The van der Waals surface area contributed by atoms with E-state index in [0.717, 1.165) is 11.1 Å². The average molecular weight is 331 g/mol. The molecule has 2 amide bonds. The SMILES string of the molecule is Cc1ccc(Cl)cc1NC(=O)Cc1ccc2c(c1)NC(=O)CO2. The van der Waals surface area contributed by atoms with Gasteiger partial charge in [0.1, 0.15) is 5.75 Å². The van der Waals surface area contributed by atoms with Gasteiger partial charge in [-0.15, -0.1) is 0 Å². The Hall–Kier alpha value is -2.53. The van der Waals surface area contributed by atoms with Crippen LogP contribution in [-0.4, -0.2) is 18.4 Å². The van der Waals surface area contributed by atoms with E-state index in [-0.39, 0.29) is 24.8 Å². The van der Waals surface area contributed by atoms with E-state index in [1.165, 1.54) is 0 Å². The molecular formula is C17H15ClN2O3. The number of ether oxygens (including phenoxy) is 1. The Balaban J connectivity index is 1.72. The van der Waals surface area contributed by atoms with Crippen LogP contribution in [0.3, 0.4) is 0 Å². The van der Waals surface area contributed by atoms with E-state index >= 15 is 0 Å². The van der Waals surface area contributed by atoms with Crippen molar-refractivity contribution in [1.82, 2.24) is 0 Å². The van der Waals surface area contributed by atoms with Gasteiger partial charge in [0.15, 0.2) is 6.61 Å². The van der Waals surface area contributed by atoms with E-state index in [0.29, 0.717) is 22.1 Å². The topological polar surface area (TPSA) is 67.4 Å². The number of fused-ring (bicyclic) bond motifs is 1. The zero-order chi connectivity index (χ0) is 16.4. The first-order valence-corrected chi connectivity index (χ1v) is 7.50. The van der Waals surface area contributed by atoms with Crippen LogP contribution in [0.25, 0.3) is 0 Å². The van der Waals surface area contributed by atoms with Crippen LogP contribution in [0, 0.1) is 6.92 Å².